The van der Waals surface area contributed by atoms with Crippen molar-refractivity contribution in [3.8, 4) is 6.07 Å². The molecule has 2 bridgehead atoms. The molecule has 5 rings (SSSR count). The number of nitrogens with zero attached hydrogens (tertiary/aromatic N) is 3. The zero-order valence-corrected chi connectivity index (χ0v) is 20.9. The molecular formula is C28H31ClN4O2. The number of hydrogen-bond donors (Lipinski definition) is 1. The molecule has 2 atom stereocenters. The second-order valence-corrected chi connectivity index (χ2v) is 10.7. The van der Waals surface area contributed by atoms with Crippen molar-refractivity contribution >= 4 is 29.1 Å². The average molecular weight is 491 g/mol. The first-order valence-electron chi connectivity index (χ1n) is 12.6. The fourth-order valence-corrected chi connectivity index (χ4v) is 6.01. The largest absolute Gasteiger partial charge is 0.334 e. The number of nitriles is 1. The summed E-state index contributed by atoms with van der Waals surface area (Å²) in [4.78, 5) is 30.4. The Kier molecular flexibility index (Phi) is 6.82. The minimum atomic E-state index is -0.268. The van der Waals surface area contributed by atoms with E-state index < -0.39 is 0 Å². The van der Waals surface area contributed by atoms with Gasteiger partial charge in [-0.3, -0.25) is 14.5 Å². The van der Waals surface area contributed by atoms with Gasteiger partial charge >= 0.3 is 0 Å². The topological polar surface area (TPSA) is 76.4 Å². The lowest BCUT2D eigenvalue weighted by molar-refractivity contribution is -0.138. The van der Waals surface area contributed by atoms with Gasteiger partial charge in [0.15, 0.2) is 0 Å². The van der Waals surface area contributed by atoms with Crippen LogP contribution in [0.1, 0.15) is 65.6 Å². The van der Waals surface area contributed by atoms with Gasteiger partial charge in [0.05, 0.1) is 11.6 Å². The van der Waals surface area contributed by atoms with E-state index in [1.54, 1.807) is 30.3 Å². The summed E-state index contributed by atoms with van der Waals surface area (Å²) in [7, 11) is 0. The minimum absolute atomic E-state index is 0.268. The summed E-state index contributed by atoms with van der Waals surface area (Å²) < 4.78 is 0. The van der Waals surface area contributed by atoms with Crippen LogP contribution in [0.2, 0.25) is 5.02 Å². The molecule has 3 fully saturated rings. The molecule has 0 radical (unpaired) electrons. The van der Waals surface area contributed by atoms with Crippen molar-refractivity contribution in [2.24, 2.45) is 5.92 Å². The number of benzene rings is 2. The van der Waals surface area contributed by atoms with E-state index in [1.807, 2.05) is 13.0 Å². The first kappa shape index (κ1) is 23.8. The Morgan fingerprint density at radius 3 is 2.51 bits per heavy atom. The van der Waals surface area contributed by atoms with E-state index in [0.717, 1.165) is 50.0 Å². The van der Waals surface area contributed by atoms with Crippen molar-refractivity contribution in [1.82, 2.24) is 9.80 Å². The van der Waals surface area contributed by atoms with E-state index in [-0.39, 0.29) is 5.91 Å². The molecule has 1 aliphatic carbocycles. The standard InChI is InChI=1S/C28H31ClN4O2/c1-18-22(12-23(29)13-26(18)31-28(35)21-7-3-6-20(10-21)14-30)15-32-16-24-8-9-25(17-32)33(24)27(34)11-19-4-2-5-19/h3,6-7,10,12-13,19,24-25H,2,4-5,8-9,11,15-17H2,1H3,(H,31,35). The predicted octanol–water partition coefficient (Wildman–Crippen LogP) is 5.14. The Hall–Kier alpha value is -2.88. The van der Waals surface area contributed by atoms with E-state index in [1.165, 1.54) is 19.3 Å². The smallest absolute Gasteiger partial charge is 0.255 e. The summed E-state index contributed by atoms with van der Waals surface area (Å²) in [6.45, 7) is 4.49. The maximum absolute atomic E-state index is 13.0. The summed E-state index contributed by atoms with van der Waals surface area (Å²) >= 11 is 6.45. The molecule has 2 amide bonds. The fraction of sp³-hybridized carbons (Fsp3) is 0.464. The predicted molar refractivity (Wildman–Crippen MR) is 136 cm³/mol. The summed E-state index contributed by atoms with van der Waals surface area (Å²) in [6, 6.07) is 13.1. The van der Waals surface area contributed by atoms with Crippen molar-refractivity contribution < 1.29 is 9.59 Å². The monoisotopic (exact) mass is 490 g/mol. The normalized spacial score (nSPS) is 21.9. The van der Waals surface area contributed by atoms with Crippen LogP contribution < -0.4 is 5.32 Å². The van der Waals surface area contributed by atoms with Crippen LogP contribution in [0.15, 0.2) is 36.4 Å². The van der Waals surface area contributed by atoms with Gasteiger partial charge in [-0.05, 0) is 80.0 Å². The van der Waals surface area contributed by atoms with Crippen LogP contribution >= 0.6 is 11.6 Å². The van der Waals surface area contributed by atoms with Gasteiger partial charge in [0, 0.05) is 54.4 Å². The molecule has 6 nitrogen and oxygen atoms in total. The molecule has 7 heteroatoms. The molecule has 1 saturated carbocycles. The number of hydrogen-bond acceptors (Lipinski definition) is 4. The van der Waals surface area contributed by atoms with E-state index in [9.17, 15) is 9.59 Å². The molecule has 0 spiro atoms. The number of piperazine rings is 1. The average Bonchev–Trinajstić information content (AvgIpc) is 3.09. The Morgan fingerprint density at radius 1 is 1.11 bits per heavy atom. The van der Waals surface area contributed by atoms with Gasteiger partial charge in [-0.25, -0.2) is 0 Å². The SMILES string of the molecule is Cc1c(CN2CC3CCC(C2)N3C(=O)CC2CCC2)cc(Cl)cc1NC(=O)c1cccc(C#N)c1. The summed E-state index contributed by atoms with van der Waals surface area (Å²) in [5.41, 5.74) is 3.62. The van der Waals surface area contributed by atoms with Gasteiger partial charge in [0.25, 0.3) is 5.91 Å². The van der Waals surface area contributed by atoms with E-state index in [4.69, 9.17) is 16.9 Å². The molecule has 1 N–H and O–H groups in total. The van der Waals surface area contributed by atoms with E-state index in [0.29, 0.717) is 45.7 Å². The molecule has 35 heavy (non-hydrogen) atoms. The third-order valence-electron chi connectivity index (χ3n) is 7.91. The van der Waals surface area contributed by atoms with Crippen molar-refractivity contribution in [2.75, 3.05) is 18.4 Å². The second kappa shape index (κ2) is 10.0. The quantitative estimate of drug-likeness (QED) is 0.608. The lowest BCUT2D eigenvalue weighted by Crippen LogP contribution is -2.55. The highest BCUT2D eigenvalue weighted by Crippen LogP contribution is 2.36. The number of anilines is 1. The number of carbonyl (C=O) groups excluding carboxylic acids is 2. The molecule has 2 saturated heterocycles. The number of rotatable bonds is 6. The van der Waals surface area contributed by atoms with Crippen molar-refractivity contribution in [2.45, 2.75) is 64.1 Å². The van der Waals surface area contributed by atoms with Crippen LogP contribution in [0.5, 0.6) is 0 Å². The van der Waals surface area contributed by atoms with Gasteiger partial charge in [-0.2, -0.15) is 5.26 Å². The van der Waals surface area contributed by atoms with Gasteiger partial charge < -0.3 is 10.2 Å². The highest BCUT2D eigenvalue weighted by Gasteiger charge is 2.43. The van der Waals surface area contributed by atoms with Crippen LogP contribution in [0.3, 0.4) is 0 Å². The second-order valence-electron chi connectivity index (χ2n) is 10.3. The highest BCUT2D eigenvalue weighted by atomic mass is 35.5. The lowest BCUT2D eigenvalue weighted by Gasteiger charge is -2.42. The number of likely N-dealkylation sites (tertiary alicyclic amines) is 1. The third kappa shape index (κ3) is 5.07. The van der Waals surface area contributed by atoms with E-state index >= 15 is 0 Å². The number of nitrogens with one attached hydrogen (secondary N) is 1. The fourth-order valence-electron chi connectivity index (χ4n) is 5.77. The molecule has 2 aromatic carbocycles. The Balaban J connectivity index is 1.27. The van der Waals surface area contributed by atoms with Crippen LogP contribution in [0, 0.1) is 24.2 Å². The van der Waals surface area contributed by atoms with Gasteiger partial charge in [0.2, 0.25) is 5.91 Å². The van der Waals surface area contributed by atoms with Crippen LogP contribution in [-0.2, 0) is 11.3 Å². The highest BCUT2D eigenvalue weighted by molar-refractivity contribution is 6.31. The van der Waals surface area contributed by atoms with Gasteiger partial charge in [0.1, 0.15) is 0 Å². The van der Waals surface area contributed by atoms with Crippen LogP contribution in [0.25, 0.3) is 0 Å². The van der Waals surface area contributed by atoms with Crippen molar-refractivity contribution in [3.05, 3.63) is 63.7 Å². The lowest BCUT2D eigenvalue weighted by atomic mass is 9.82. The van der Waals surface area contributed by atoms with Gasteiger partial charge in [-0.15, -0.1) is 0 Å². The molecule has 2 aromatic rings. The number of fused-ring (bicyclic) bond motifs is 2. The maximum Gasteiger partial charge on any atom is 0.255 e. The van der Waals surface area contributed by atoms with Crippen molar-refractivity contribution in [1.29, 1.82) is 5.26 Å². The third-order valence-corrected chi connectivity index (χ3v) is 8.13. The molecule has 2 heterocycles. The van der Waals surface area contributed by atoms with Crippen LogP contribution in [-0.4, -0.2) is 46.8 Å². The van der Waals surface area contributed by atoms with Crippen LogP contribution in [0.4, 0.5) is 5.69 Å². The first-order chi connectivity index (χ1) is 16.9. The molecule has 2 unspecified atom stereocenters. The van der Waals surface area contributed by atoms with Crippen molar-refractivity contribution in [3.63, 3.8) is 0 Å². The summed E-state index contributed by atoms with van der Waals surface area (Å²) in [6.07, 6.45) is 6.56. The molecule has 3 aliphatic rings. The summed E-state index contributed by atoms with van der Waals surface area (Å²) in [5.74, 6) is 0.686. The molecule has 182 valence electrons. The first-order valence-corrected chi connectivity index (χ1v) is 12.9. The maximum atomic E-state index is 13.0. The number of halogens is 1. The van der Waals surface area contributed by atoms with Gasteiger partial charge in [-0.1, -0.05) is 24.1 Å². The molecule has 0 aromatic heterocycles. The number of amides is 2. The van der Waals surface area contributed by atoms with E-state index in [2.05, 4.69) is 21.2 Å². The Morgan fingerprint density at radius 2 is 1.86 bits per heavy atom. The number of carbonyl (C=O) groups is 2. The molecule has 2 aliphatic heterocycles. The Labute approximate surface area is 211 Å². The Bertz CT molecular complexity index is 1170. The minimum Gasteiger partial charge on any atom is -0.334 e. The summed E-state index contributed by atoms with van der Waals surface area (Å²) in [5, 5.41) is 12.7. The zero-order valence-electron chi connectivity index (χ0n) is 20.1. The zero-order chi connectivity index (χ0) is 24.5. The molecular weight excluding hydrogens is 460 g/mol.